The Bertz CT molecular complexity index is 630. The lowest BCUT2D eigenvalue weighted by molar-refractivity contribution is -0.138. The average Bonchev–Trinajstić information content (AvgIpc) is 3.32. The molecular weight excluding hydrogens is 308 g/mol. The van der Waals surface area contributed by atoms with E-state index in [2.05, 4.69) is 10.6 Å². The van der Waals surface area contributed by atoms with Crippen LogP contribution in [-0.2, 0) is 16.1 Å². The average molecular weight is 334 g/mol. The molecule has 0 spiro atoms. The van der Waals surface area contributed by atoms with Gasteiger partial charge < -0.3 is 20.1 Å². The van der Waals surface area contributed by atoms with Crippen molar-refractivity contribution in [1.82, 2.24) is 10.6 Å². The monoisotopic (exact) mass is 334 g/mol. The van der Waals surface area contributed by atoms with Crippen LogP contribution in [0.25, 0.3) is 0 Å². The van der Waals surface area contributed by atoms with E-state index < -0.39 is 5.41 Å². The normalized spacial score (nSPS) is 15.4. The molecule has 1 saturated carbocycles. The number of carbonyl (C=O) groups is 2. The van der Waals surface area contributed by atoms with Crippen LogP contribution in [0.15, 0.2) is 18.2 Å². The summed E-state index contributed by atoms with van der Waals surface area (Å²) in [6.07, 6.45) is 1.18. The highest BCUT2D eigenvalue weighted by Crippen LogP contribution is 2.46. The van der Waals surface area contributed by atoms with Crippen molar-refractivity contribution >= 4 is 11.8 Å². The Kier molecular flexibility index (Phi) is 5.06. The van der Waals surface area contributed by atoms with Crippen LogP contribution in [0.4, 0.5) is 0 Å². The van der Waals surface area contributed by atoms with Crippen LogP contribution in [0.2, 0.25) is 0 Å². The first-order chi connectivity index (χ1) is 11.2. The molecule has 0 bridgehead atoms. The van der Waals surface area contributed by atoms with Crippen molar-refractivity contribution < 1.29 is 19.1 Å². The largest absolute Gasteiger partial charge is 0.493 e. The second-order valence-electron chi connectivity index (χ2n) is 7.16. The van der Waals surface area contributed by atoms with Crippen molar-refractivity contribution in [1.29, 1.82) is 0 Å². The molecule has 0 heterocycles. The molecule has 0 saturated heterocycles. The lowest BCUT2D eigenvalue weighted by Crippen LogP contribution is -2.49. The molecule has 0 aromatic heterocycles. The molecule has 0 atom stereocenters. The van der Waals surface area contributed by atoms with Crippen molar-refractivity contribution in [3.05, 3.63) is 23.8 Å². The highest BCUT2D eigenvalue weighted by molar-refractivity contribution is 6.08. The molecule has 2 N–H and O–H groups in total. The third kappa shape index (κ3) is 3.99. The van der Waals surface area contributed by atoms with Crippen LogP contribution in [0.1, 0.15) is 39.2 Å². The number of benzene rings is 1. The molecule has 6 heteroatoms. The highest BCUT2D eigenvalue weighted by atomic mass is 16.5. The van der Waals surface area contributed by atoms with Crippen LogP contribution in [0, 0.1) is 5.41 Å². The molecule has 0 aliphatic heterocycles. The van der Waals surface area contributed by atoms with Gasteiger partial charge in [-0.2, -0.15) is 0 Å². The van der Waals surface area contributed by atoms with Crippen molar-refractivity contribution in [3.8, 4) is 11.5 Å². The summed E-state index contributed by atoms with van der Waals surface area (Å²) in [5.41, 5.74) is -0.381. The Morgan fingerprint density at radius 3 is 2.21 bits per heavy atom. The maximum Gasteiger partial charge on any atom is 0.236 e. The Labute approximate surface area is 142 Å². The van der Waals surface area contributed by atoms with Gasteiger partial charge in [0.05, 0.1) is 14.2 Å². The molecule has 1 aromatic carbocycles. The summed E-state index contributed by atoms with van der Waals surface area (Å²) < 4.78 is 10.4. The van der Waals surface area contributed by atoms with Crippen molar-refractivity contribution in [2.24, 2.45) is 5.41 Å². The minimum absolute atomic E-state index is 0.195. The molecule has 0 unspecified atom stereocenters. The summed E-state index contributed by atoms with van der Waals surface area (Å²) in [5.74, 6) is 0.825. The van der Waals surface area contributed by atoms with Crippen LogP contribution < -0.4 is 20.1 Å². The van der Waals surface area contributed by atoms with Gasteiger partial charge in [0.1, 0.15) is 5.41 Å². The summed E-state index contributed by atoms with van der Waals surface area (Å²) >= 11 is 0. The van der Waals surface area contributed by atoms with E-state index >= 15 is 0 Å². The summed E-state index contributed by atoms with van der Waals surface area (Å²) in [4.78, 5) is 24.8. The van der Waals surface area contributed by atoms with Crippen molar-refractivity contribution in [3.63, 3.8) is 0 Å². The minimum Gasteiger partial charge on any atom is -0.493 e. The van der Waals surface area contributed by atoms with E-state index in [0.717, 1.165) is 5.56 Å². The first kappa shape index (κ1) is 18.1. The molecule has 132 valence electrons. The zero-order valence-electron chi connectivity index (χ0n) is 15.0. The molecular formula is C18H26N2O4. The molecule has 1 fully saturated rings. The molecule has 2 amide bonds. The van der Waals surface area contributed by atoms with Gasteiger partial charge in [0, 0.05) is 12.1 Å². The van der Waals surface area contributed by atoms with Gasteiger partial charge >= 0.3 is 0 Å². The Balaban J connectivity index is 1.99. The summed E-state index contributed by atoms with van der Waals surface area (Å²) in [5, 5.41) is 5.76. The molecule has 0 radical (unpaired) electrons. The Morgan fingerprint density at radius 2 is 1.71 bits per heavy atom. The topological polar surface area (TPSA) is 76.7 Å². The van der Waals surface area contributed by atoms with Crippen LogP contribution in [0.3, 0.4) is 0 Å². The number of hydrogen-bond acceptors (Lipinski definition) is 4. The van der Waals surface area contributed by atoms with Gasteiger partial charge in [-0.3, -0.25) is 9.59 Å². The third-order valence-corrected chi connectivity index (χ3v) is 4.01. The summed E-state index contributed by atoms with van der Waals surface area (Å²) in [7, 11) is 3.14. The first-order valence-corrected chi connectivity index (χ1v) is 8.04. The molecule has 1 aliphatic rings. The van der Waals surface area contributed by atoms with E-state index in [1.54, 1.807) is 20.3 Å². The number of amides is 2. The van der Waals surface area contributed by atoms with Crippen LogP contribution in [-0.4, -0.2) is 31.6 Å². The minimum atomic E-state index is -0.913. The van der Waals surface area contributed by atoms with Gasteiger partial charge in [-0.05, 0) is 51.3 Å². The van der Waals surface area contributed by atoms with Crippen LogP contribution in [0.5, 0.6) is 11.5 Å². The molecule has 6 nitrogen and oxygen atoms in total. The Hall–Kier alpha value is -2.24. The number of ether oxygens (including phenoxy) is 2. The van der Waals surface area contributed by atoms with Crippen LogP contribution >= 0.6 is 0 Å². The zero-order valence-corrected chi connectivity index (χ0v) is 15.0. The second-order valence-corrected chi connectivity index (χ2v) is 7.16. The second kappa shape index (κ2) is 6.71. The molecule has 24 heavy (non-hydrogen) atoms. The maximum absolute atomic E-state index is 12.5. The Morgan fingerprint density at radius 1 is 1.08 bits per heavy atom. The third-order valence-electron chi connectivity index (χ3n) is 4.01. The number of nitrogens with one attached hydrogen (secondary N) is 2. The molecule has 1 aliphatic carbocycles. The fourth-order valence-electron chi connectivity index (χ4n) is 2.48. The quantitative estimate of drug-likeness (QED) is 0.780. The van der Waals surface area contributed by atoms with E-state index in [1.165, 1.54) is 0 Å². The van der Waals surface area contributed by atoms with Gasteiger partial charge in [-0.25, -0.2) is 0 Å². The van der Waals surface area contributed by atoms with E-state index in [-0.39, 0.29) is 17.4 Å². The predicted molar refractivity (Wildman–Crippen MR) is 91.0 cm³/mol. The number of hydrogen-bond donors (Lipinski definition) is 2. The van der Waals surface area contributed by atoms with Gasteiger partial charge in [0.15, 0.2) is 11.5 Å². The highest BCUT2D eigenvalue weighted by Gasteiger charge is 2.56. The summed E-state index contributed by atoms with van der Waals surface area (Å²) in [6, 6.07) is 5.46. The lowest BCUT2D eigenvalue weighted by atomic mass is 10.0. The maximum atomic E-state index is 12.5. The fourth-order valence-corrected chi connectivity index (χ4v) is 2.48. The smallest absolute Gasteiger partial charge is 0.236 e. The first-order valence-electron chi connectivity index (χ1n) is 8.04. The summed E-state index contributed by atoms with van der Waals surface area (Å²) in [6.45, 7) is 6.05. The van der Waals surface area contributed by atoms with E-state index in [4.69, 9.17) is 9.47 Å². The molecule has 2 rings (SSSR count). The zero-order chi connectivity index (χ0) is 18.0. The van der Waals surface area contributed by atoms with Gasteiger partial charge in [-0.15, -0.1) is 0 Å². The SMILES string of the molecule is COc1ccc(CNC(=O)C2(C(=O)NC(C)(C)C)CC2)cc1OC. The molecule has 1 aromatic rings. The predicted octanol–water partition coefficient (Wildman–Crippen LogP) is 2.01. The van der Waals surface area contributed by atoms with Crippen molar-refractivity contribution in [2.75, 3.05) is 14.2 Å². The van der Waals surface area contributed by atoms with Gasteiger partial charge in [0.2, 0.25) is 11.8 Å². The number of methoxy groups -OCH3 is 2. The number of carbonyl (C=O) groups excluding carboxylic acids is 2. The lowest BCUT2D eigenvalue weighted by Gasteiger charge is -2.24. The van der Waals surface area contributed by atoms with Gasteiger partial charge in [0.25, 0.3) is 0 Å². The van der Waals surface area contributed by atoms with E-state index in [1.807, 2.05) is 32.9 Å². The number of rotatable bonds is 6. The van der Waals surface area contributed by atoms with Crippen molar-refractivity contribution in [2.45, 2.75) is 45.7 Å². The fraction of sp³-hybridized carbons (Fsp3) is 0.556. The van der Waals surface area contributed by atoms with Gasteiger partial charge in [-0.1, -0.05) is 6.07 Å². The standard InChI is InChI=1S/C18H26N2O4/c1-17(2,3)20-16(22)18(8-9-18)15(21)19-11-12-6-7-13(23-4)14(10-12)24-5/h6-7,10H,8-9,11H2,1-5H3,(H,19,21)(H,20,22). The van der Waals surface area contributed by atoms with E-state index in [9.17, 15) is 9.59 Å². The van der Waals surface area contributed by atoms with E-state index in [0.29, 0.717) is 30.9 Å².